The van der Waals surface area contributed by atoms with E-state index in [-0.39, 0.29) is 42.3 Å². The smallest absolute Gasteiger partial charge is 0.306 e. The monoisotopic (exact) mass is 788 g/mol. The lowest BCUT2D eigenvalue weighted by atomic mass is 10.1. The summed E-state index contributed by atoms with van der Waals surface area (Å²) in [5, 5.41) is 19.4. The zero-order chi connectivity index (χ0) is 40.3. The minimum absolute atomic E-state index is 0.108. The van der Waals surface area contributed by atoms with Crippen LogP contribution in [-0.2, 0) is 36.6 Å². The Labute approximate surface area is 332 Å². The van der Waals surface area contributed by atoms with Gasteiger partial charge in [-0.15, -0.1) is 5.11 Å². The maximum Gasteiger partial charge on any atom is 0.306 e. The average molecular weight is 789 g/mol. The molecule has 298 valence electrons. The minimum atomic E-state index is -0.516. The largest absolute Gasteiger partial charge is 0.492 e. The van der Waals surface area contributed by atoms with E-state index in [2.05, 4.69) is 22.1 Å². The fourth-order valence-corrected chi connectivity index (χ4v) is 5.49. The van der Waals surface area contributed by atoms with Gasteiger partial charge in [-0.25, -0.2) is 0 Å². The van der Waals surface area contributed by atoms with Gasteiger partial charge in [0, 0.05) is 37.2 Å². The van der Waals surface area contributed by atoms with Gasteiger partial charge < -0.3 is 28.6 Å². The van der Waals surface area contributed by atoms with Crippen molar-refractivity contribution in [2.45, 2.75) is 59.0 Å². The molecule has 0 saturated carbocycles. The van der Waals surface area contributed by atoms with Crippen LogP contribution in [-0.4, -0.2) is 68.6 Å². The van der Waals surface area contributed by atoms with Crippen molar-refractivity contribution in [2.75, 3.05) is 51.0 Å². The van der Waals surface area contributed by atoms with Gasteiger partial charge in [-0.2, -0.15) is 5.11 Å². The number of anilines is 1. The number of aryl methyl sites for hydroxylation is 2. The lowest BCUT2D eigenvalue weighted by Gasteiger charge is -2.23. The lowest BCUT2D eigenvalue weighted by molar-refractivity contribution is -0.384. The number of azo groups is 1. The molecule has 13 nitrogen and oxygen atoms in total. The molecule has 0 radical (unpaired) electrons. The number of rotatable bonds is 22. The molecule has 0 bridgehead atoms. The highest BCUT2D eigenvalue weighted by Crippen LogP contribution is 2.31. The Morgan fingerprint density at radius 2 is 1.34 bits per heavy atom. The van der Waals surface area contributed by atoms with Crippen LogP contribution in [0.5, 0.6) is 11.5 Å². The molecule has 4 aromatic carbocycles. The molecular formula is C42H49ClN4O9. The van der Waals surface area contributed by atoms with Crippen LogP contribution in [0.1, 0.15) is 51.7 Å². The van der Waals surface area contributed by atoms with E-state index in [0.717, 1.165) is 29.1 Å². The molecule has 0 atom stereocenters. The number of non-ortho nitro benzene ring substituents is 1. The maximum absolute atomic E-state index is 12.2. The quantitative estimate of drug-likeness (QED) is 0.0248. The zero-order valence-corrected chi connectivity index (χ0v) is 33.0. The maximum atomic E-state index is 12.2. The van der Waals surface area contributed by atoms with E-state index in [4.69, 9.17) is 35.3 Å². The number of likely N-dealkylation sites (N-methyl/N-ethyl adjacent to an activating group) is 1. The van der Waals surface area contributed by atoms with E-state index in [9.17, 15) is 19.7 Å². The molecule has 0 unspecified atom stereocenters. The van der Waals surface area contributed by atoms with Crippen LogP contribution in [0.3, 0.4) is 0 Å². The van der Waals surface area contributed by atoms with Gasteiger partial charge in [0.1, 0.15) is 42.6 Å². The van der Waals surface area contributed by atoms with E-state index < -0.39 is 10.5 Å². The first-order valence-corrected chi connectivity index (χ1v) is 18.9. The van der Waals surface area contributed by atoms with Crippen LogP contribution in [0.25, 0.3) is 0 Å². The van der Waals surface area contributed by atoms with E-state index in [1.807, 2.05) is 93.6 Å². The Morgan fingerprint density at radius 3 is 1.91 bits per heavy atom. The second kappa shape index (κ2) is 22.1. The number of carbonyl (C=O) groups excluding carboxylic acids is 2. The van der Waals surface area contributed by atoms with Crippen LogP contribution < -0.4 is 14.4 Å². The van der Waals surface area contributed by atoms with Crippen molar-refractivity contribution in [3.05, 3.63) is 117 Å². The Balaban J connectivity index is 1.05. The van der Waals surface area contributed by atoms with Crippen LogP contribution in [0.4, 0.5) is 22.7 Å². The molecule has 56 heavy (non-hydrogen) atoms. The van der Waals surface area contributed by atoms with Crippen molar-refractivity contribution in [1.29, 1.82) is 0 Å². The highest BCUT2D eigenvalue weighted by molar-refractivity contribution is 6.33. The third-order valence-corrected chi connectivity index (χ3v) is 8.43. The van der Waals surface area contributed by atoms with Crippen molar-refractivity contribution >= 4 is 46.3 Å². The Morgan fingerprint density at radius 1 is 0.750 bits per heavy atom. The van der Waals surface area contributed by atoms with Crippen molar-refractivity contribution in [2.24, 2.45) is 10.2 Å². The summed E-state index contributed by atoms with van der Waals surface area (Å²) in [6.07, 6.45) is 1.73. The molecule has 0 heterocycles. The minimum Gasteiger partial charge on any atom is -0.492 e. The van der Waals surface area contributed by atoms with E-state index in [1.54, 1.807) is 0 Å². The van der Waals surface area contributed by atoms with Gasteiger partial charge in [0.05, 0.1) is 35.4 Å². The fourth-order valence-electron chi connectivity index (χ4n) is 5.27. The number of carbonyl (C=O) groups is 2. The molecule has 4 aromatic rings. The standard InChI is InChI=1S/C42H49ClN4O9/c1-5-46(34-14-12-33(13-15-34)44-45-39-21-16-35(47(50)51)30-38(39)43)24-25-53-36-17-6-31(7-18-36)10-22-40(48)55-29-27-52-26-28-54-37-19-8-32(9-20-37)11-23-41(49)56-42(2,3)4/h6-9,12-21,30H,5,10-11,22-29H2,1-4H3. The Kier molecular flexibility index (Phi) is 17.1. The van der Waals surface area contributed by atoms with E-state index in [1.165, 1.54) is 18.2 Å². The number of hydrogen-bond donors (Lipinski definition) is 0. The summed E-state index contributed by atoms with van der Waals surface area (Å²) < 4.78 is 27.9. The first kappa shape index (κ1) is 43.2. The molecule has 0 aliphatic heterocycles. The highest BCUT2D eigenvalue weighted by atomic mass is 35.5. The number of esters is 2. The summed E-state index contributed by atoms with van der Waals surface area (Å²) in [6, 6.07) is 26.9. The van der Waals surface area contributed by atoms with Gasteiger partial charge in [0.2, 0.25) is 0 Å². The van der Waals surface area contributed by atoms with Crippen LogP contribution in [0.2, 0.25) is 5.02 Å². The molecular weight excluding hydrogens is 740 g/mol. The van der Waals surface area contributed by atoms with Crippen molar-refractivity contribution < 1.29 is 38.2 Å². The summed E-state index contributed by atoms with van der Waals surface area (Å²) in [7, 11) is 0. The van der Waals surface area contributed by atoms with Crippen molar-refractivity contribution in [3.63, 3.8) is 0 Å². The number of nitro groups is 1. The second-order valence-corrected chi connectivity index (χ2v) is 14.0. The van der Waals surface area contributed by atoms with E-state index in [0.29, 0.717) is 62.8 Å². The predicted octanol–water partition coefficient (Wildman–Crippen LogP) is 9.41. The van der Waals surface area contributed by atoms with Gasteiger partial charge in [0.15, 0.2) is 0 Å². The molecule has 0 N–H and O–H groups in total. The predicted molar refractivity (Wildman–Crippen MR) is 215 cm³/mol. The lowest BCUT2D eigenvalue weighted by Crippen LogP contribution is -2.27. The number of nitro benzene ring substituents is 1. The molecule has 0 aliphatic rings. The first-order chi connectivity index (χ1) is 26.9. The fraction of sp³-hybridized carbons (Fsp3) is 0.381. The third-order valence-electron chi connectivity index (χ3n) is 8.13. The Hall–Kier alpha value is -5.53. The normalized spacial score (nSPS) is 11.3. The molecule has 0 fully saturated rings. The van der Waals surface area contributed by atoms with Crippen molar-refractivity contribution in [3.8, 4) is 11.5 Å². The van der Waals surface area contributed by atoms with Crippen LogP contribution in [0.15, 0.2) is 101 Å². The zero-order valence-electron chi connectivity index (χ0n) is 32.3. The number of halogens is 1. The molecule has 0 spiro atoms. The van der Waals surface area contributed by atoms with Crippen molar-refractivity contribution in [1.82, 2.24) is 0 Å². The average Bonchev–Trinajstić information content (AvgIpc) is 3.17. The summed E-state index contributed by atoms with van der Waals surface area (Å²) >= 11 is 6.11. The van der Waals surface area contributed by atoms with Crippen LogP contribution in [0, 0.1) is 10.1 Å². The SMILES string of the molecule is CCN(CCOc1ccc(CCC(=O)OCCOCCOc2ccc(CCC(=O)OC(C)(C)C)cc2)cc1)c1ccc(N=Nc2ccc([N+](=O)[O-])cc2Cl)cc1. The van der Waals surface area contributed by atoms with Gasteiger partial charge in [0.25, 0.3) is 5.69 Å². The van der Waals surface area contributed by atoms with E-state index >= 15 is 0 Å². The summed E-state index contributed by atoms with van der Waals surface area (Å²) in [6.45, 7) is 10.7. The molecule has 0 saturated heterocycles. The summed E-state index contributed by atoms with van der Waals surface area (Å²) in [5.41, 5.74) is 3.39. The third kappa shape index (κ3) is 15.7. The van der Waals surface area contributed by atoms with Gasteiger partial charge in [-0.3, -0.25) is 19.7 Å². The number of benzene rings is 4. The number of nitrogens with zero attached hydrogens (tertiary/aromatic N) is 4. The molecule has 4 rings (SSSR count). The summed E-state index contributed by atoms with van der Waals surface area (Å²) in [5.74, 6) is 0.940. The highest BCUT2D eigenvalue weighted by Gasteiger charge is 2.16. The number of ether oxygens (including phenoxy) is 5. The summed E-state index contributed by atoms with van der Waals surface area (Å²) in [4.78, 5) is 36.7. The van der Waals surface area contributed by atoms with Gasteiger partial charge in [-0.05, 0) is 106 Å². The van der Waals surface area contributed by atoms with Crippen LogP contribution >= 0.6 is 11.6 Å². The Bertz CT molecular complexity index is 1880. The van der Waals surface area contributed by atoms with Gasteiger partial charge >= 0.3 is 11.9 Å². The molecule has 0 aromatic heterocycles. The molecule has 0 aliphatic carbocycles. The van der Waals surface area contributed by atoms with Gasteiger partial charge in [-0.1, -0.05) is 35.9 Å². The topological polar surface area (TPSA) is 151 Å². The molecule has 14 heteroatoms. The second-order valence-electron chi connectivity index (χ2n) is 13.6. The first-order valence-electron chi connectivity index (χ1n) is 18.5. The number of hydrogen-bond acceptors (Lipinski definition) is 12. The molecule has 0 amide bonds.